The number of ether oxygens (including phenoxy) is 1. The second kappa shape index (κ2) is 10.6. The number of fused-ring (bicyclic) bond motifs is 1. The highest BCUT2D eigenvalue weighted by Crippen LogP contribution is 2.07. The van der Waals surface area contributed by atoms with Crippen molar-refractivity contribution < 1.29 is 9.53 Å². The maximum atomic E-state index is 11.7. The molecule has 0 amide bonds. The summed E-state index contributed by atoms with van der Waals surface area (Å²) in [5.41, 5.74) is 6.91. The number of aryl methyl sites for hydroxylation is 2. The lowest BCUT2D eigenvalue weighted by Gasteiger charge is -2.17. The number of carbonyl (C=O) groups is 1. The van der Waals surface area contributed by atoms with Gasteiger partial charge in [-0.05, 0) is 37.4 Å². The van der Waals surface area contributed by atoms with Crippen LogP contribution in [0, 0.1) is 0 Å². The molecule has 0 bridgehead atoms. The lowest BCUT2D eigenvalue weighted by atomic mass is 10.2. The van der Waals surface area contributed by atoms with E-state index < -0.39 is 0 Å². The van der Waals surface area contributed by atoms with Crippen LogP contribution in [0.4, 0.5) is 5.69 Å². The van der Waals surface area contributed by atoms with Crippen molar-refractivity contribution in [3.05, 3.63) is 57.0 Å². The Balaban J connectivity index is 0.000000224. The predicted molar refractivity (Wildman–Crippen MR) is 120 cm³/mol. The number of likely N-dealkylation sites (N-methyl/N-ethyl adjacent to an activating group) is 1. The van der Waals surface area contributed by atoms with Crippen LogP contribution >= 0.6 is 0 Å². The zero-order chi connectivity index (χ0) is 23.1. The first kappa shape index (κ1) is 23.9. The van der Waals surface area contributed by atoms with Crippen LogP contribution in [0.15, 0.2) is 40.2 Å². The van der Waals surface area contributed by atoms with Gasteiger partial charge < -0.3 is 19.9 Å². The number of esters is 1. The van der Waals surface area contributed by atoms with Crippen LogP contribution in [-0.2, 0) is 25.9 Å². The zero-order valence-electron chi connectivity index (χ0n) is 18.7. The summed E-state index contributed by atoms with van der Waals surface area (Å²) in [4.78, 5) is 41.0. The van der Waals surface area contributed by atoms with Crippen molar-refractivity contribution in [2.24, 2.45) is 21.1 Å². The van der Waals surface area contributed by atoms with Crippen LogP contribution in [0.2, 0.25) is 0 Å². The Bertz CT molecular complexity index is 1140. The van der Waals surface area contributed by atoms with E-state index in [1.807, 2.05) is 0 Å². The fourth-order valence-corrected chi connectivity index (χ4v) is 2.98. The van der Waals surface area contributed by atoms with Crippen molar-refractivity contribution in [1.29, 1.82) is 0 Å². The highest BCUT2D eigenvalue weighted by Gasteiger charge is 2.11. The van der Waals surface area contributed by atoms with Crippen molar-refractivity contribution in [2.45, 2.75) is 13.8 Å². The fourth-order valence-electron chi connectivity index (χ4n) is 2.98. The molecule has 0 radical (unpaired) electrons. The lowest BCUT2D eigenvalue weighted by Crippen LogP contribution is -2.37. The lowest BCUT2D eigenvalue weighted by molar-refractivity contribution is 0.0466. The molecule has 0 saturated heterocycles. The van der Waals surface area contributed by atoms with Gasteiger partial charge in [0.05, 0.1) is 11.9 Å². The number of nitrogen functional groups attached to an aromatic ring is 1. The second-order valence-corrected chi connectivity index (χ2v) is 7.02. The number of nitrogens with zero attached hydrogens (tertiary/aromatic N) is 5. The number of imidazole rings is 1. The minimum Gasteiger partial charge on any atom is -0.461 e. The third-order valence-corrected chi connectivity index (χ3v) is 5.00. The highest BCUT2D eigenvalue weighted by molar-refractivity contribution is 5.89. The zero-order valence-corrected chi connectivity index (χ0v) is 18.7. The smallest absolute Gasteiger partial charge is 0.338 e. The maximum absolute atomic E-state index is 11.7. The topological polar surface area (TPSA) is 117 Å². The molecule has 0 aliphatic rings. The molecule has 0 aliphatic carbocycles. The van der Waals surface area contributed by atoms with Gasteiger partial charge in [0.1, 0.15) is 6.61 Å². The predicted octanol–water partition coefficient (Wildman–Crippen LogP) is 0.738. The monoisotopic (exact) mass is 430 g/mol. The van der Waals surface area contributed by atoms with Gasteiger partial charge in [0.2, 0.25) is 0 Å². The molecule has 0 saturated carbocycles. The van der Waals surface area contributed by atoms with Gasteiger partial charge in [0, 0.05) is 33.4 Å². The number of anilines is 1. The third-order valence-electron chi connectivity index (χ3n) is 5.00. The molecule has 0 atom stereocenters. The first-order chi connectivity index (χ1) is 14.7. The normalized spacial score (nSPS) is 10.8. The molecule has 3 rings (SSSR count). The number of carbonyl (C=O) groups excluding carboxylic acids is 1. The molecule has 1 aromatic carbocycles. The summed E-state index contributed by atoms with van der Waals surface area (Å²) in [5, 5.41) is 0. The van der Waals surface area contributed by atoms with Gasteiger partial charge >= 0.3 is 11.7 Å². The van der Waals surface area contributed by atoms with Crippen LogP contribution in [0.1, 0.15) is 24.2 Å². The molecular formula is C21H30N6O4. The van der Waals surface area contributed by atoms with Gasteiger partial charge in [-0.3, -0.25) is 13.9 Å². The van der Waals surface area contributed by atoms with Crippen LogP contribution < -0.4 is 17.0 Å². The molecule has 3 aromatic rings. The summed E-state index contributed by atoms with van der Waals surface area (Å²) >= 11 is 0. The molecule has 10 heteroatoms. The third kappa shape index (κ3) is 5.60. The van der Waals surface area contributed by atoms with Crippen LogP contribution in [0.25, 0.3) is 11.2 Å². The van der Waals surface area contributed by atoms with E-state index in [0.717, 1.165) is 24.2 Å². The van der Waals surface area contributed by atoms with Gasteiger partial charge in [-0.15, -0.1) is 0 Å². The average Bonchev–Trinajstić information content (AvgIpc) is 3.16. The standard InChI is InChI=1S/C13H20N2O2.C8H10N4O2/c1-3-15(4-2)9-10-17-13(16)11-5-7-12(14)8-6-11;1-10-4-9-6-5(10)7(13)12(3)8(14)11(6)2/h5-8H,3-4,9-10,14H2,1-2H3;4H,1-3H3. The quantitative estimate of drug-likeness (QED) is 0.453. The van der Waals surface area contributed by atoms with Crippen LogP contribution in [0.3, 0.4) is 0 Å². The Morgan fingerprint density at radius 3 is 2.26 bits per heavy atom. The molecule has 10 nitrogen and oxygen atoms in total. The van der Waals surface area contributed by atoms with E-state index in [9.17, 15) is 14.4 Å². The molecule has 2 heterocycles. The number of hydrogen-bond donors (Lipinski definition) is 1. The summed E-state index contributed by atoms with van der Waals surface area (Å²) in [6.07, 6.45) is 1.52. The van der Waals surface area contributed by atoms with Gasteiger partial charge in [-0.25, -0.2) is 14.6 Å². The Hall–Kier alpha value is -3.40. The maximum Gasteiger partial charge on any atom is 0.338 e. The number of hydrogen-bond acceptors (Lipinski definition) is 7. The van der Waals surface area contributed by atoms with E-state index in [4.69, 9.17) is 10.5 Å². The Labute approximate surface area is 180 Å². The van der Waals surface area contributed by atoms with E-state index in [1.54, 1.807) is 42.9 Å². The van der Waals surface area contributed by atoms with Crippen molar-refractivity contribution >= 4 is 22.8 Å². The fraction of sp³-hybridized carbons (Fsp3) is 0.429. The highest BCUT2D eigenvalue weighted by atomic mass is 16.5. The molecule has 0 spiro atoms. The van der Waals surface area contributed by atoms with Crippen molar-refractivity contribution in [3.63, 3.8) is 0 Å². The van der Waals surface area contributed by atoms with Crippen molar-refractivity contribution in [3.8, 4) is 0 Å². The van der Waals surface area contributed by atoms with Crippen molar-refractivity contribution in [2.75, 3.05) is 32.0 Å². The Morgan fingerprint density at radius 1 is 1.06 bits per heavy atom. The first-order valence-electron chi connectivity index (χ1n) is 10.0. The minimum absolute atomic E-state index is 0.294. The molecule has 168 valence electrons. The Morgan fingerprint density at radius 2 is 1.68 bits per heavy atom. The van der Waals surface area contributed by atoms with Crippen LogP contribution in [0.5, 0.6) is 0 Å². The van der Waals surface area contributed by atoms with Gasteiger partial charge in [0.25, 0.3) is 5.56 Å². The summed E-state index contributed by atoms with van der Waals surface area (Å²) in [5.74, 6) is -0.294. The molecule has 2 aromatic heterocycles. The van der Waals surface area contributed by atoms with E-state index in [1.165, 1.54) is 17.9 Å². The first-order valence-corrected chi connectivity index (χ1v) is 10.0. The number of rotatable bonds is 6. The molecule has 31 heavy (non-hydrogen) atoms. The number of aromatic nitrogens is 4. The van der Waals surface area contributed by atoms with E-state index in [0.29, 0.717) is 29.0 Å². The minimum atomic E-state index is -0.360. The summed E-state index contributed by atoms with van der Waals surface area (Å²) in [6, 6.07) is 6.74. The summed E-state index contributed by atoms with van der Waals surface area (Å²) < 4.78 is 9.22. The number of benzene rings is 1. The van der Waals surface area contributed by atoms with E-state index >= 15 is 0 Å². The van der Waals surface area contributed by atoms with Gasteiger partial charge in [-0.1, -0.05) is 13.8 Å². The largest absolute Gasteiger partial charge is 0.461 e. The van der Waals surface area contributed by atoms with E-state index in [2.05, 4.69) is 23.7 Å². The van der Waals surface area contributed by atoms with Crippen LogP contribution in [-0.4, -0.2) is 55.8 Å². The second-order valence-electron chi connectivity index (χ2n) is 7.02. The van der Waals surface area contributed by atoms with E-state index in [-0.39, 0.29) is 17.2 Å². The summed E-state index contributed by atoms with van der Waals surface area (Å²) in [6.45, 7) is 7.31. The number of nitrogens with two attached hydrogens (primary N) is 1. The van der Waals surface area contributed by atoms with Crippen molar-refractivity contribution in [1.82, 2.24) is 23.6 Å². The Kier molecular flexibility index (Phi) is 8.14. The van der Waals surface area contributed by atoms with Gasteiger partial charge in [-0.2, -0.15) is 0 Å². The summed E-state index contributed by atoms with van der Waals surface area (Å²) in [7, 11) is 4.77. The molecule has 2 N–H and O–H groups in total. The molecule has 0 aliphatic heterocycles. The SMILES string of the molecule is CCN(CC)CCOC(=O)c1ccc(N)cc1.Cn1c(=O)c2c(ncn2C)n(C)c1=O. The molecule has 0 fully saturated rings. The average molecular weight is 431 g/mol. The van der Waals surface area contributed by atoms with Gasteiger partial charge in [0.15, 0.2) is 11.2 Å². The molecular weight excluding hydrogens is 400 g/mol. The molecule has 0 unspecified atom stereocenters.